The molecular weight excluding hydrogens is 306 g/mol. The van der Waals surface area contributed by atoms with E-state index >= 15 is 0 Å². The maximum atomic E-state index is 4.52. The van der Waals surface area contributed by atoms with E-state index in [1.807, 2.05) is 12.3 Å². The number of hydrogen-bond donors (Lipinski definition) is 1. The van der Waals surface area contributed by atoms with Gasteiger partial charge in [-0.1, -0.05) is 12.1 Å². The maximum absolute atomic E-state index is 4.52. The highest BCUT2D eigenvalue weighted by molar-refractivity contribution is 5.90. The molecule has 2 unspecified atom stereocenters. The van der Waals surface area contributed by atoms with Crippen LogP contribution in [0.2, 0.25) is 0 Å². The van der Waals surface area contributed by atoms with E-state index in [0.717, 1.165) is 13.0 Å². The van der Waals surface area contributed by atoms with Crippen molar-refractivity contribution in [3.63, 3.8) is 0 Å². The first-order chi connectivity index (χ1) is 12.2. The first kappa shape index (κ1) is 15.2. The zero-order valence-corrected chi connectivity index (χ0v) is 15.0. The van der Waals surface area contributed by atoms with Gasteiger partial charge in [0.2, 0.25) is 0 Å². The van der Waals surface area contributed by atoms with Gasteiger partial charge < -0.3 is 9.88 Å². The highest BCUT2D eigenvalue weighted by Gasteiger charge is 2.36. The van der Waals surface area contributed by atoms with E-state index in [1.165, 1.54) is 47.0 Å². The van der Waals surface area contributed by atoms with Gasteiger partial charge in [0, 0.05) is 60.0 Å². The summed E-state index contributed by atoms with van der Waals surface area (Å²) in [5, 5.41) is 5.35. The Bertz CT molecular complexity index is 939. The molecule has 2 aliphatic rings. The lowest BCUT2D eigenvalue weighted by Gasteiger charge is -2.24. The average molecular weight is 331 g/mol. The van der Waals surface area contributed by atoms with Gasteiger partial charge in [-0.15, -0.1) is 0 Å². The van der Waals surface area contributed by atoms with Crippen molar-refractivity contribution in [1.82, 2.24) is 14.9 Å². The molecular formula is C22H25N3. The van der Waals surface area contributed by atoms with Gasteiger partial charge in [0.05, 0.1) is 0 Å². The molecule has 3 aromatic rings. The molecule has 128 valence electrons. The lowest BCUT2D eigenvalue weighted by molar-refractivity contribution is 0.494. The Morgan fingerprint density at radius 2 is 2.08 bits per heavy atom. The van der Waals surface area contributed by atoms with Crippen LogP contribution >= 0.6 is 0 Å². The predicted molar refractivity (Wildman–Crippen MR) is 102 cm³/mol. The van der Waals surface area contributed by atoms with Gasteiger partial charge in [0.1, 0.15) is 0 Å². The highest BCUT2D eigenvalue weighted by atomic mass is 15.1. The molecule has 1 saturated heterocycles. The SMILES string of the molecule is Cc1ccc2c(c1C)c1c(n2CCc2ccccn2)CC2CCC1N2. The summed E-state index contributed by atoms with van der Waals surface area (Å²) in [6, 6.07) is 12.0. The molecule has 5 rings (SSSR count). The normalized spacial score (nSPS) is 21.7. The molecule has 4 heterocycles. The summed E-state index contributed by atoms with van der Waals surface area (Å²) in [6.45, 7) is 5.55. The molecule has 0 radical (unpaired) electrons. The largest absolute Gasteiger partial charge is 0.344 e. The summed E-state index contributed by atoms with van der Waals surface area (Å²) < 4.78 is 2.60. The standard InChI is InChI=1S/C22H25N3/c1-14-6-9-19-21(15(14)2)22-18-8-7-17(24-18)13-20(22)25(19)12-10-16-5-3-4-11-23-16/h3-6,9,11,17-18,24H,7-8,10,12-13H2,1-2H3. The Kier molecular flexibility index (Phi) is 3.46. The van der Waals surface area contributed by atoms with E-state index in [-0.39, 0.29) is 0 Å². The summed E-state index contributed by atoms with van der Waals surface area (Å²) in [4.78, 5) is 4.52. The minimum atomic E-state index is 0.549. The van der Waals surface area contributed by atoms with E-state index in [2.05, 4.69) is 53.0 Å². The summed E-state index contributed by atoms with van der Waals surface area (Å²) in [7, 11) is 0. The zero-order valence-electron chi connectivity index (χ0n) is 15.0. The van der Waals surface area contributed by atoms with Gasteiger partial charge in [-0.2, -0.15) is 0 Å². The maximum Gasteiger partial charge on any atom is 0.0489 e. The second kappa shape index (κ2) is 5.70. The van der Waals surface area contributed by atoms with Crippen LogP contribution in [0.5, 0.6) is 0 Å². The topological polar surface area (TPSA) is 29.9 Å². The predicted octanol–water partition coefficient (Wildman–Crippen LogP) is 4.25. The van der Waals surface area contributed by atoms with Crippen LogP contribution in [0.3, 0.4) is 0 Å². The second-order valence-corrected chi connectivity index (χ2v) is 7.68. The number of aryl methyl sites for hydroxylation is 4. The number of benzene rings is 1. The van der Waals surface area contributed by atoms with Crippen LogP contribution in [0.15, 0.2) is 36.5 Å². The molecule has 0 amide bonds. The minimum absolute atomic E-state index is 0.549. The van der Waals surface area contributed by atoms with Gasteiger partial charge in [-0.3, -0.25) is 4.98 Å². The number of pyridine rings is 1. The van der Waals surface area contributed by atoms with Crippen LogP contribution in [0, 0.1) is 13.8 Å². The first-order valence-electron chi connectivity index (χ1n) is 9.49. The van der Waals surface area contributed by atoms with Crippen LogP contribution in [-0.2, 0) is 19.4 Å². The number of aromatic nitrogens is 2. The quantitative estimate of drug-likeness (QED) is 0.778. The highest BCUT2D eigenvalue weighted by Crippen LogP contribution is 2.43. The van der Waals surface area contributed by atoms with Gasteiger partial charge in [-0.25, -0.2) is 0 Å². The first-order valence-corrected chi connectivity index (χ1v) is 9.49. The third-order valence-corrected chi connectivity index (χ3v) is 6.26. The van der Waals surface area contributed by atoms with Crippen LogP contribution in [0.25, 0.3) is 10.9 Å². The Labute approximate surface area is 149 Å². The van der Waals surface area contributed by atoms with Crippen molar-refractivity contribution in [2.45, 2.75) is 58.2 Å². The van der Waals surface area contributed by atoms with Crippen molar-refractivity contribution < 1.29 is 0 Å². The molecule has 2 atom stereocenters. The second-order valence-electron chi connectivity index (χ2n) is 7.68. The van der Waals surface area contributed by atoms with Crippen LogP contribution in [0.1, 0.15) is 47.0 Å². The molecule has 1 N–H and O–H groups in total. The van der Waals surface area contributed by atoms with Crippen LogP contribution in [0.4, 0.5) is 0 Å². The molecule has 2 aromatic heterocycles. The van der Waals surface area contributed by atoms with Crippen molar-refractivity contribution in [3.05, 3.63) is 64.6 Å². The van der Waals surface area contributed by atoms with Crippen molar-refractivity contribution >= 4 is 10.9 Å². The van der Waals surface area contributed by atoms with Crippen molar-refractivity contribution in [3.8, 4) is 0 Å². The zero-order chi connectivity index (χ0) is 17.0. The number of fused-ring (bicyclic) bond motifs is 6. The molecule has 0 aliphatic carbocycles. The van der Waals surface area contributed by atoms with Gasteiger partial charge >= 0.3 is 0 Å². The van der Waals surface area contributed by atoms with Gasteiger partial charge in [-0.05, 0) is 61.6 Å². The van der Waals surface area contributed by atoms with E-state index in [9.17, 15) is 0 Å². The van der Waals surface area contributed by atoms with Crippen LogP contribution in [-0.4, -0.2) is 15.6 Å². The van der Waals surface area contributed by atoms with Crippen molar-refractivity contribution in [2.24, 2.45) is 0 Å². The van der Waals surface area contributed by atoms with Crippen LogP contribution < -0.4 is 5.32 Å². The fraction of sp³-hybridized carbons (Fsp3) is 0.409. The van der Waals surface area contributed by atoms with Crippen molar-refractivity contribution in [1.29, 1.82) is 0 Å². The molecule has 1 aromatic carbocycles. The molecule has 25 heavy (non-hydrogen) atoms. The molecule has 2 aliphatic heterocycles. The summed E-state index contributed by atoms with van der Waals surface area (Å²) >= 11 is 0. The lowest BCUT2D eigenvalue weighted by atomic mass is 9.95. The van der Waals surface area contributed by atoms with E-state index in [0.29, 0.717) is 12.1 Å². The van der Waals surface area contributed by atoms with E-state index in [1.54, 1.807) is 11.3 Å². The average Bonchev–Trinajstić information content (AvgIpc) is 3.17. The van der Waals surface area contributed by atoms with Gasteiger partial charge in [0.25, 0.3) is 0 Å². The third kappa shape index (κ3) is 2.33. The Morgan fingerprint density at radius 1 is 1.16 bits per heavy atom. The van der Waals surface area contributed by atoms with Crippen molar-refractivity contribution in [2.75, 3.05) is 0 Å². The number of nitrogens with zero attached hydrogens (tertiary/aromatic N) is 2. The monoisotopic (exact) mass is 331 g/mol. The minimum Gasteiger partial charge on any atom is -0.344 e. The Hall–Kier alpha value is -2.13. The summed E-state index contributed by atoms with van der Waals surface area (Å²) in [5.41, 5.74) is 8.61. The summed E-state index contributed by atoms with van der Waals surface area (Å²) in [6.07, 6.45) is 6.65. The molecule has 0 saturated carbocycles. The smallest absolute Gasteiger partial charge is 0.0489 e. The molecule has 1 fully saturated rings. The number of rotatable bonds is 3. The molecule has 3 heteroatoms. The number of nitrogens with one attached hydrogen (secondary N) is 1. The van der Waals surface area contributed by atoms with Gasteiger partial charge in [0.15, 0.2) is 0 Å². The van der Waals surface area contributed by atoms with E-state index < -0.39 is 0 Å². The summed E-state index contributed by atoms with van der Waals surface area (Å²) in [5.74, 6) is 0. The van der Waals surface area contributed by atoms with E-state index in [4.69, 9.17) is 0 Å². The fourth-order valence-corrected chi connectivity index (χ4v) is 4.87. The third-order valence-electron chi connectivity index (χ3n) is 6.26. The molecule has 3 nitrogen and oxygen atoms in total. The lowest BCUT2D eigenvalue weighted by Crippen LogP contribution is -2.32. The number of hydrogen-bond acceptors (Lipinski definition) is 2. The fourth-order valence-electron chi connectivity index (χ4n) is 4.87. The Balaban J connectivity index is 1.65. The molecule has 2 bridgehead atoms. The molecule has 0 spiro atoms. The Morgan fingerprint density at radius 3 is 2.92 bits per heavy atom.